The van der Waals surface area contributed by atoms with Crippen molar-refractivity contribution in [1.82, 2.24) is 14.2 Å². The van der Waals surface area contributed by atoms with Gasteiger partial charge in [-0.25, -0.2) is 9.48 Å². The van der Waals surface area contributed by atoms with Crippen LogP contribution in [0.2, 0.25) is 0 Å². The molecule has 0 bridgehead atoms. The first kappa shape index (κ1) is 14.1. The third-order valence-corrected chi connectivity index (χ3v) is 4.76. The van der Waals surface area contributed by atoms with E-state index in [-0.39, 0.29) is 5.69 Å². The van der Waals surface area contributed by atoms with Crippen LogP contribution < -0.4 is 5.69 Å². The maximum absolute atomic E-state index is 12.2. The largest absolute Gasteiger partial charge is 0.350 e. The normalized spacial score (nSPS) is 11.3. The lowest BCUT2D eigenvalue weighted by Gasteiger charge is -2.03. The zero-order valence-electron chi connectivity index (χ0n) is 12.4. The fourth-order valence-corrected chi connectivity index (χ4v) is 3.50. The number of nitrogens with zero attached hydrogens (tertiary/aromatic N) is 3. The molecule has 4 rings (SSSR count). The van der Waals surface area contributed by atoms with Crippen LogP contribution in [0.15, 0.2) is 76.6 Å². The summed E-state index contributed by atoms with van der Waals surface area (Å²) in [5.41, 5.74) is 0.605. The molecule has 2 aromatic carbocycles. The van der Waals surface area contributed by atoms with Crippen molar-refractivity contribution in [3.8, 4) is 0 Å². The Bertz CT molecular complexity index is 1030. The highest BCUT2D eigenvalue weighted by Gasteiger charge is 2.05. The molecule has 5 heteroatoms. The lowest BCUT2D eigenvalue weighted by Crippen LogP contribution is -2.21. The lowest BCUT2D eigenvalue weighted by atomic mass is 10.1. The molecule has 4 nitrogen and oxygen atoms in total. The van der Waals surface area contributed by atoms with Crippen LogP contribution in [0.3, 0.4) is 0 Å². The number of thioether (sulfide) groups is 1. The second-order valence-corrected chi connectivity index (χ2v) is 6.46. The summed E-state index contributed by atoms with van der Waals surface area (Å²) in [5.74, 6) is 0.808. The van der Waals surface area contributed by atoms with Crippen LogP contribution in [0.5, 0.6) is 0 Å². The van der Waals surface area contributed by atoms with Gasteiger partial charge in [0.05, 0.1) is 6.54 Å². The van der Waals surface area contributed by atoms with Gasteiger partial charge in [-0.15, -0.1) is 16.9 Å². The Morgan fingerprint density at radius 3 is 2.65 bits per heavy atom. The summed E-state index contributed by atoms with van der Waals surface area (Å²) in [6.07, 6.45) is 1.75. The molecule has 0 saturated heterocycles. The minimum Gasteiger partial charge on any atom is -0.250 e. The Kier molecular flexibility index (Phi) is 3.63. The van der Waals surface area contributed by atoms with Crippen LogP contribution in [0.1, 0.15) is 0 Å². The summed E-state index contributed by atoms with van der Waals surface area (Å²) >= 11 is 1.74. The van der Waals surface area contributed by atoms with Gasteiger partial charge in [0, 0.05) is 16.8 Å². The van der Waals surface area contributed by atoms with Gasteiger partial charge in [-0.2, -0.15) is 0 Å². The zero-order chi connectivity index (χ0) is 15.6. The third-order valence-electron chi connectivity index (χ3n) is 3.78. The highest BCUT2D eigenvalue weighted by Crippen LogP contribution is 2.23. The van der Waals surface area contributed by atoms with E-state index in [0.717, 1.165) is 5.75 Å². The molecule has 0 aliphatic carbocycles. The number of aryl methyl sites for hydroxylation is 1. The first-order valence-corrected chi connectivity index (χ1v) is 8.46. The number of aromatic nitrogens is 3. The molecule has 0 N–H and O–H groups in total. The van der Waals surface area contributed by atoms with Crippen molar-refractivity contribution in [3.05, 3.63) is 77.3 Å². The highest BCUT2D eigenvalue weighted by molar-refractivity contribution is 7.99. The molecule has 4 aromatic rings. The van der Waals surface area contributed by atoms with E-state index in [1.165, 1.54) is 20.3 Å². The number of fused-ring (bicyclic) bond motifs is 2. The number of rotatable bonds is 4. The molecule has 0 unspecified atom stereocenters. The fraction of sp³-hybridized carbons (Fsp3) is 0.111. The SMILES string of the molecule is O=c1n(CCSc2ccc3ccccc3c2)nc2ccccn12. The molecule has 23 heavy (non-hydrogen) atoms. The quantitative estimate of drug-likeness (QED) is 0.541. The number of benzene rings is 2. The van der Waals surface area contributed by atoms with E-state index in [1.54, 1.807) is 22.4 Å². The van der Waals surface area contributed by atoms with Gasteiger partial charge in [0.25, 0.3) is 0 Å². The Morgan fingerprint density at radius 1 is 0.957 bits per heavy atom. The summed E-state index contributed by atoms with van der Waals surface area (Å²) in [6.45, 7) is 0.595. The van der Waals surface area contributed by atoms with E-state index in [4.69, 9.17) is 0 Å². The van der Waals surface area contributed by atoms with E-state index in [1.807, 2.05) is 30.3 Å². The molecule has 0 saturated carbocycles. The third kappa shape index (κ3) is 2.75. The van der Waals surface area contributed by atoms with Gasteiger partial charge in [-0.3, -0.25) is 4.40 Å². The summed E-state index contributed by atoms with van der Waals surface area (Å²) < 4.78 is 3.10. The van der Waals surface area contributed by atoms with Gasteiger partial charge in [-0.1, -0.05) is 36.4 Å². The summed E-state index contributed by atoms with van der Waals surface area (Å²) in [6, 6.07) is 20.3. The average Bonchev–Trinajstić information content (AvgIpc) is 2.91. The lowest BCUT2D eigenvalue weighted by molar-refractivity contribution is 0.640. The molecule has 0 amide bonds. The average molecular weight is 321 g/mol. The van der Waals surface area contributed by atoms with Gasteiger partial charge in [0.15, 0.2) is 5.65 Å². The maximum Gasteiger partial charge on any atom is 0.350 e. The zero-order valence-corrected chi connectivity index (χ0v) is 13.2. The Hall–Kier alpha value is -2.53. The molecular formula is C18H15N3OS. The minimum absolute atomic E-state index is 0.0836. The predicted octanol–water partition coefficient (Wildman–Crippen LogP) is 3.44. The molecule has 2 heterocycles. The molecular weight excluding hydrogens is 306 g/mol. The standard InChI is InChI=1S/C18H15N3OS/c22-18-20-10-4-3-7-17(20)19-21(18)11-12-23-16-9-8-14-5-1-2-6-15(14)13-16/h1-10,13H,11-12H2. The summed E-state index contributed by atoms with van der Waals surface area (Å²) in [4.78, 5) is 13.4. The highest BCUT2D eigenvalue weighted by atomic mass is 32.2. The number of hydrogen-bond donors (Lipinski definition) is 0. The number of hydrogen-bond acceptors (Lipinski definition) is 3. The molecule has 0 spiro atoms. The molecule has 0 aliphatic heterocycles. The van der Waals surface area contributed by atoms with Crippen LogP contribution in [-0.2, 0) is 6.54 Å². The van der Waals surface area contributed by atoms with Gasteiger partial charge >= 0.3 is 5.69 Å². The molecule has 0 atom stereocenters. The van der Waals surface area contributed by atoms with Crippen molar-refractivity contribution in [1.29, 1.82) is 0 Å². The smallest absolute Gasteiger partial charge is 0.250 e. The Morgan fingerprint density at radius 2 is 1.78 bits per heavy atom. The van der Waals surface area contributed by atoms with Crippen LogP contribution in [-0.4, -0.2) is 19.9 Å². The van der Waals surface area contributed by atoms with Crippen molar-refractivity contribution < 1.29 is 0 Å². The van der Waals surface area contributed by atoms with E-state index < -0.39 is 0 Å². The molecule has 114 valence electrons. The summed E-state index contributed by atoms with van der Waals surface area (Å²) in [5, 5.41) is 6.83. The van der Waals surface area contributed by atoms with Crippen molar-refractivity contribution in [2.24, 2.45) is 0 Å². The van der Waals surface area contributed by atoms with Crippen LogP contribution in [0.25, 0.3) is 16.4 Å². The molecule has 0 radical (unpaired) electrons. The van der Waals surface area contributed by atoms with Crippen LogP contribution in [0, 0.1) is 0 Å². The van der Waals surface area contributed by atoms with Crippen LogP contribution >= 0.6 is 11.8 Å². The summed E-state index contributed by atoms with van der Waals surface area (Å²) in [7, 11) is 0. The Balaban J connectivity index is 1.49. The monoisotopic (exact) mass is 321 g/mol. The van der Waals surface area contributed by atoms with Crippen molar-refractivity contribution in [2.75, 3.05) is 5.75 Å². The molecule has 0 fully saturated rings. The maximum atomic E-state index is 12.2. The van der Waals surface area contributed by atoms with Crippen molar-refractivity contribution in [3.63, 3.8) is 0 Å². The topological polar surface area (TPSA) is 39.3 Å². The van der Waals surface area contributed by atoms with Gasteiger partial charge in [-0.05, 0) is 35.0 Å². The van der Waals surface area contributed by atoms with E-state index in [2.05, 4.69) is 35.4 Å². The van der Waals surface area contributed by atoms with Crippen molar-refractivity contribution in [2.45, 2.75) is 11.4 Å². The number of pyridine rings is 1. The van der Waals surface area contributed by atoms with Gasteiger partial charge < -0.3 is 0 Å². The van der Waals surface area contributed by atoms with E-state index in [9.17, 15) is 4.79 Å². The van der Waals surface area contributed by atoms with E-state index in [0.29, 0.717) is 12.2 Å². The Labute approximate surface area is 137 Å². The van der Waals surface area contributed by atoms with E-state index >= 15 is 0 Å². The molecule has 2 aromatic heterocycles. The van der Waals surface area contributed by atoms with Gasteiger partial charge in [0.1, 0.15) is 0 Å². The van der Waals surface area contributed by atoms with Crippen LogP contribution in [0.4, 0.5) is 0 Å². The predicted molar refractivity (Wildman–Crippen MR) is 94.1 cm³/mol. The van der Waals surface area contributed by atoms with Crippen molar-refractivity contribution >= 4 is 28.2 Å². The minimum atomic E-state index is -0.0836. The van der Waals surface area contributed by atoms with Gasteiger partial charge in [0.2, 0.25) is 0 Å². The first-order valence-electron chi connectivity index (χ1n) is 7.47. The fourth-order valence-electron chi connectivity index (χ4n) is 2.62. The first-order chi connectivity index (χ1) is 11.3. The molecule has 0 aliphatic rings. The second kappa shape index (κ2) is 5.93. The second-order valence-electron chi connectivity index (χ2n) is 5.29.